The second kappa shape index (κ2) is 15.3. The number of hydrogen-bond donors (Lipinski definition) is 4. The summed E-state index contributed by atoms with van der Waals surface area (Å²) in [5.74, 6) is -9.03. The number of carbonyl (C=O) groups excluding carboxylic acids is 5. The summed E-state index contributed by atoms with van der Waals surface area (Å²) >= 11 is 0. The molecule has 0 radical (unpaired) electrons. The minimum absolute atomic E-state index is 0.0111. The number of hydrogen-bond acceptors (Lipinski definition) is 9. The van der Waals surface area contributed by atoms with Gasteiger partial charge in [-0.05, 0) is 72.8 Å². The van der Waals surface area contributed by atoms with E-state index in [1.807, 2.05) is 5.43 Å². The maximum Gasteiger partial charge on any atom is 0.416 e. The van der Waals surface area contributed by atoms with Gasteiger partial charge < -0.3 is 24.3 Å². The summed E-state index contributed by atoms with van der Waals surface area (Å²) in [7, 11) is 0. The molecule has 1 aromatic heterocycles. The Bertz CT molecular complexity index is 1940. The Morgan fingerprint density at radius 2 is 1.16 bits per heavy atom. The lowest BCUT2D eigenvalue weighted by molar-refractivity contribution is -0.159. The average Bonchev–Trinajstić information content (AvgIpc) is 3.63. The van der Waals surface area contributed by atoms with Crippen molar-refractivity contribution in [1.29, 1.82) is 0 Å². The fourth-order valence-electron chi connectivity index (χ4n) is 4.07. The number of carboxylic acid groups (broad SMARTS) is 1. The van der Waals surface area contributed by atoms with Crippen LogP contribution in [0.3, 0.4) is 0 Å². The molecule has 266 valence electrons. The number of rotatable bonds is 10. The number of furan rings is 1. The van der Waals surface area contributed by atoms with Gasteiger partial charge >= 0.3 is 30.3 Å². The second-order valence-corrected chi connectivity index (χ2v) is 10.1. The van der Waals surface area contributed by atoms with Gasteiger partial charge in [-0.25, -0.2) is 14.4 Å². The molecular formula is C32H21F6N3O10. The van der Waals surface area contributed by atoms with Crippen molar-refractivity contribution in [3.8, 4) is 0 Å². The second-order valence-electron chi connectivity index (χ2n) is 10.1. The molecule has 0 aliphatic heterocycles. The first kappa shape index (κ1) is 37.2. The van der Waals surface area contributed by atoms with Gasteiger partial charge in [-0.3, -0.25) is 25.2 Å². The van der Waals surface area contributed by atoms with Crippen molar-refractivity contribution in [1.82, 2.24) is 10.9 Å². The highest BCUT2D eigenvalue weighted by Gasteiger charge is 2.42. The Hall–Kier alpha value is -6.66. The molecule has 13 nitrogen and oxygen atoms in total. The molecular weight excluding hydrogens is 700 g/mol. The van der Waals surface area contributed by atoms with Crippen LogP contribution in [0.4, 0.5) is 32.0 Å². The predicted molar refractivity (Wildman–Crippen MR) is 158 cm³/mol. The maximum atomic E-state index is 13.2. The first-order chi connectivity index (χ1) is 23.9. The third-order valence-corrected chi connectivity index (χ3v) is 6.55. The summed E-state index contributed by atoms with van der Waals surface area (Å²) in [5.41, 5.74) is -0.673. The first-order valence-electron chi connectivity index (χ1n) is 14.0. The zero-order valence-electron chi connectivity index (χ0n) is 25.2. The topological polar surface area (TPSA) is 190 Å². The molecule has 3 amide bonds. The van der Waals surface area contributed by atoms with Gasteiger partial charge in [0.25, 0.3) is 17.7 Å². The quantitative estimate of drug-likeness (QED) is 0.0999. The largest absolute Gasteiger partial charge is 0.478 e. The van der Waals surface area contributed by atoms with Gasteiger partial charge in [0.15, 0.2) is 5.76 Å². The Morgan fingerprint density at radius 3 is 1.63 bits per heavy atom. The lowest BCUT2D eigenvalue weighted by Gasteiger charge is -2.24. The maximum absolute atomic E-state index is 13.2. The SMILES string of the molecule is O=C(NNC(=O)[C@H](OC(=O)c1cccc(C(F)(F)F)c1)[C@@H](OC(=O)c1cccc(C(F)(F)F)c1)C(=O)O)c1ccc(NC(=O)c2ccco2)cc1. The highest BCUT2D eigenvalue weighted by atomic mass is 19.4. The van der Waals surface area contributed by atoms with Crippen LogP contribution in [0.2, 0.25) is 0 Å². The van der Waals surface area contributed by atoms with Gasteiger partial charge in [-0.2, -0.15) is 26.3 Å². The number of nitrogens with one attached hydrogen (secondary N) is 3. The van der Waals surface area contributed by atoms with Crippen molar-refractivity contribution >= 4 is 41.3 Å². The summed E-state index contributed by atoms with van der Waals surface area (Å²) in [4.78, 5) is 75.8. The number of anilines is 1. The van der Waals surface area contributed by atoms with Crippen LogP contribution in [0.1, 0.15) is 52.8 Å². The Balaban J connectivity index is 1.55. The van der Waals surface area contributed by atoms with Gasteiger partial charge in [0.1, 0.15) is 0 Å². The van der Waals surface area contributed by atoms with Crippen LogP contribution in [0, 0.1) is 0 Å². The molecule has 0 spiro atoms. The molecule has 0 unspecified atom stereocenters. The van der Waals surface area contributed by atoms with E-state index < -0.39 is 82.4 Å². The van der Waals surface area contributed by atoms with E-state index >= 15 is 0 Å². The molecule has 4 rings (SSSR count). The smallest absolute Gasteiger partial charge is 0.416 e. The van der Waals surface area contributed by atoms with Crippen LogP contribution >= 0.6 is 0 Å². The molecule has 4 aromatic rings. The number of carbonyl (C=O) groups is 6. The average molecular weight is 722 g/mol. The lowest BCUT2D eigenvalue weighted by atomic mass is 10.1. The van der Waals surface area contributed by atoms with Crippen molar-refractivity contribution in [2.45, 2.75) is 24.6 Å². The van der Waals surface area contributed by atoms with Crippen molar-refractivity contribution in [2.24, 2.45) is 0 Å². The molecule has 4 N–H and O–H groups in total. The first-order valence-corrected chi connectivity index (χ1v) is 14.0. The van der Waals surface area contributed by atoms with Crippen molar-refractivity contribution in [3.63, 3.8) is 0 Å². The van der Waals surface area contributed by atoms with Gasteiger partial charge in [-0.1, -0.05) is 12.1 Å². The van der Waals surface area contributed by atoms with E-state index in [0.29, 0.717) is 24.3 Å². The van der Waals surface area contributed by atoms with Crippen LogP contribution in [0.15, 0.2) is 95.6 Å². The van der Waals surface area contributed by atoms with E-state index in [-0.39, 0.29) is 17.0 Å². The van der Waals surface area contributed by atoms with Gasteiger partial charge in [-0.15, -0.1) is 0 Å². The van der Waals surface area contributed by atoms with Crippen molar-refractivity contribution in [3.05, 3.63) is 125 Å². The van der Waals surface area contributed by atoms with E-state index in [0.717, 1.165) is 24.3 Å². The minimum atomic E-state index is -4.94. The van der Waals surface area contributed by atoms with Gasteiger partial charge in [0.05, 0.1) is 28.5 Å². The number of aliphatic carboxylic acids is 1. The molecule has 19 heteroatoms. The number of alkyl halides is 6. The highest BCUT2D eigenvalue weighted by Crippen LogP contribution is 2.31. The summed E-state index contributed by atoms with van der Waals surface area (Å²) in [5, 5.41) is 12.3. The van der Waals surface area contributed by atoms with E-state index in [9.17, 15) is 60.2 Å². The lowest BCUT2D eigenvalue weighted by Crippen LogP contribution is -2.54. The third kappa shape index (κ3) is 9.71. The summed E-state index contributed by atoms with van der Waals surface area (Å²) < 4.78 is 93.8. The van der Waals surface area contributed by atoms with Crippen LogP contribution in [0.25, 0.3) is 0 Å². The standard InChI is InChI=1S/C32H21F6N3O10/c33-31(34,35)19-6-1-4-17(14-19)29(47)50-23(24(28(45)46)51-30(48)18-5-2-7-20(15-18)32(36,37)38)27(44)41-40-25(42)16-9-11-21(12-10-16)39-26(43)22-8-3-13-49-22/h1-15,23-24H,(H,39,43)(H,40,42)(H,41,44)(H,45,46)/t23-,24-/m1/s1. The van der Waals surface area contributed by atoms with Crippen LogP contribution in [-0.4, -0.2) is 52.9 Å². The highest BCUT2D eigenvalue weighted by molar-refractivity contribution is 6.03. The van der Waals surface area contributed by atoms with Gasteiger partial charge in [0, 0.05) is 11.3 Å². The van der Waals surface area contributed by atoms with Crippen molar-refractivity contribution in [2.75, 3.05) is 5.32 Å². The molecule has 0 saturated heterocycles. The molecule has 3 aromatic carbocycles. The Kier molecular flexibility index (Phi) is 11.1. The minimum Gasteiger partial charge on any atom is -0.478 e. The van der Waals surface area contributed by atoms with E-state index in [1.54, 1.807) is 5.43 Å². The predicted octanol–water partition coefficient (Wildman–Crippen LogP) is 4.87. The summed E-state index contributed by atoms with van der Waals surface area (Å²) in [6.45, 7) is 0. The monoisotopic (exact) mass is 721 g/mol. The number of esters is 2. The number of ether oxygens (including phenoxy) is 2. The normalized spacial score (nSPS) is 12.5. The molecule has 0 saturated carbocycles. The zero-order valence-corrected chi connectivity index (χ0v) is 25.2. The molecule has 0 aliphatic rings. The fraction of sp³-hybridized carbons (Fsp3) is 0.125. The molecule has 2 atom stereocenters. The fourth-order valence-corrected chi connectivity index (χ4v) is 4.07. The Morgan fingerprint density at radius 1 is 0.627 bits per heavy atom. The van der Waals surface area contributed by atoms with Gasteiger partial charge in [0.2, 0.25) is 12.2 Å². The van der Waals surface area contributed by atoms with Crippen LogP contribution in [-0.2, 0) is 31.4 Å². The van der Waals surface area contributed by atoms with Crippen molar-refractivity contribution < 1.29 is 74.1 Å². The third-order valence-electron chi connectivity index (χ3n) is 6.55. The molecule has 51 heavy (non-hydrogen) atoms. The number of halogens is 6. The summed E-state index contributed by atoms with van der Waals surface area (Å²) in [6.07, 6.45) is -14.2. The van der Waals surface area contributed by atoms with E-state index in [2.05, 4.69) is 5.32 Å². The molecule has 0 fully saturated rings. The number of amides is 3. The number of benzene rings is 3. The number of hydrazine groups is 1. The van der Waals surface area contributed by atoms with Crippen LogP contribution in [0.5, 0.6) is 0 Å². The summed E-state index contributed by atoms with van der Waals surface area (Å²) in [6, 6.07) is 12.8. The Labute approximate surface area is 281 Å². The zero-order chi connectivity index (χ0) is 37.5. The number of carboxylic acids is 1. The van der Waals surface area contributed by atoms with E-state index in [1.165, 1.54) is 42.7 Å². The van der Waals surface area contributed by atoms with E-state index in [4.69, 9.17) is 13.9 Å². The molecule has 0 bridgehead atoms. The molecule has 1 heterocycles. The van der Waals surface area contributed by atoms with Crippen LogP contribution < -0.4 is 16.2 Å². The molecule has 0 aliphatic carbocycles.